The minimum Gasteiger partial charge on any atom is -0.497 e. The summed E-state index contributed by atoms with van der Waals surface area (Å²) in [5.74, 6) is 2.32. The van der Waals surface area contributed by atoms with Crippen molar-refractivity contribution in [3.63, 3.8) is 0 Å². The Morgan fingerprint density at radius 1 is 0.880 bits per heavy atom. The molecule has 0 spiro atoms. The van der Waals surface area contributed by atoms with Crippen LogP contribution < -0.4 is 19.5 Å². The smallest absolute Gasteiger partial charge is 0.187 e. The lowest BCUT2D eigenvalue weighted by Gasteiger charge is -2.09. The van der Waals surface area contributed by atoms with Gasteiger partial charge in [0, 0.05) is 22.2 Å². The first-order valence-corrected chi connectivity index (χ1v) is 8.57. The highest BCUT2D eigenvalue weighted by Crippen LogP contribution is 2.38. The second kappa shape index (κ2) is 7.44. The predicted octanol–water partition coefficient (Wildman–Crippen LogP) is 4.89. The lowest BCUT2D eigenvalue weighted by Crippen LogP contribution is -1.93. The molecule has 0 radical (unpaired) electrons. The minimum atomic E-state index is 0.740. The van der Waals surface area contributed by atoms with Gasteiger partial charge in [-0.3, -0.25) is 0 Å². The van der Waals surface area contributed by atoms with Crippen LogP contribution >= 0.6 is 11.3 Å². The average Bonchev–Trinajstić information content (AvgIpc) is 3.01. The molecule has 3 rings (SSSR count). The van der Waals surface area contributed by atoms with E-state index in [0.29, 0.717) is 0 Å². The van der Waals surface area contributed by atoms with Gasteiger partial charge in [0.2, 0.25) is 0 Å². The first kappa shape index (κ1) is 17.1. The number of rotatable bonds is 6. The molecule has 6 heteroatoms. The third-order valence-corrected chi connectivity index (χ3v) is 4.69. The van der Waals surface area contributed by atoms with Gasteiger partial charge in [0.05, 0.1) is 27.0 Å². The largest absolute Gasteiger partial charge is 0.497 e. The number of thiazole rings is 1. The van der Waals surface area contributed by atoms with E-state index in [2.05, 4.69) is 12.2 Å². The maximum Gasteiger partial charge on any atom is 0.187 e. The van der Waals surface area contributed by atoms with Crippen molar-refractivity contribution in [3.05, 3.63) is 47.3 Å². The highest BCUT2D eigenvalue weighted by atomic mass is 32.1. The molecule has 0 unspecified atom stereocenters. The number of nitrogens with zero attached hydrogens (tertiary/aromatic N) is 1. The maximum absolute atomic E-state index is 5.50. The van der Waals surface area contributed by atoms with Crippen LogP contribution in [0.25, 0.3) is 11.3 Å². The van der Waals surface area contributed by atoms with Crippen LogP contribution in [0.3, 0.4) is 0 Å². The number of methoxy groups -OCH3 is 3. The van der Waals surface area contributed by atoms with E-state index in [0.717, 1.165) is 44.2 Å². The molecule has 0 atom stereocenters. The van der Waals surface area contributed by atoms with E-state index in [4.69, 9.17) is 19.2 Å². The second-order valence-corrected chi connectivity index (χ2v) is 6.55. The van der Waals surface area contributed by atoms with Crippen LogP contribution in [-0.2, 0) is 0 Å². The molecule has 130 valence electrons. The molecule has 25 heavy (non-hydrogen) atoms. The Hall–Kier alpha value is -2.73. The van der Waals surface area contributed by atoms with Crippen molar-refractivity contribution in [1.29, 1.82) is 0 Å². The number of aryl methyl sites for hydroxylation is 1. The van der Waals surface area contributed by atoms with E-state index < -0.39 is 0 Å². The molecule has 0 aliphatic carbocycles. The number of ether oxygens (including phenoxy) is 3. The third kappa shape index (κ3) is 3.69. The summed E-state index contributed by atoms with van der Waals surface area (Å²) in [6.45, 7) is 2.05. The predicted molar refractivity (Wildman–Crippen MR) is 102 cm³/mol. The number of benzene rings is 2. The number of nitrogens with one attached hydrogen (secondary N) is 1. The first-order chi connectivity index (χ1) is 12.1. The molecule has 3 aromatic rings. The van der Waals surface area contributed by atoms with Gasteiger partial charge < -0.3 is 19.5 Å². The van der Waals surface area contributed by atoms with Gasteiger partial charge in [-0.2, -0.15) is 0 Å². The van der Waals surface area contributed by atoms with E-state index >= 15 is 0 Å². The Labute approximate surface area is 151 Å². The summed E-state index contributed by atoms with van der Waals surface area (Å²) < 4.78 is 15.9. The van der Waals surface area contributed by atoms with E-state index in [1.807, 2.05) is 42.5 Å². The van der Waals surface area contributed by atoms with Crippen LogP contribution in [0.5, 0.6) is 17.2 Å². The lowest BCUT2D eigenvalue weighted by molar-refractivity contribution is 0.395. The zero-order valence-corrected chi connectivity index (χ0v) is 15.4. The topological polar surface area (TPSA) is 52.6 Å². The van der Waals surface area contributed by atoms with Crippen LogP contribution in [0.4, 0.5) is 10.8 Å². The molecular weight excluding hydrogens is 336 g/mol. The van der Waals surface area contributed by atoms with Crippen molar-refractivity contribution in [2.45, 2.75) is 6.92 Å². The van der Waals surface area contributed by atoms with Crippen molar-refractivity contribution in [2.24, 2.45) is 0 Å². The number of anilines is 2. The maximum atomic E-state index is 5.50. The van der Waals surface area contributed by atoms with Crippen LogP contribution in [0.2, 0.25) is 0 Å². The van der Waals surface area contributed by atoms with Crippen LogP contribution in [0.15, 0.2) is 42.5 Å². The normalized spacial score (nSPS) is 10.4. The van der Waals surface area contributed by atoms with Gasteiger partial charge >= 0.3 is 0 Å². The Morgan fingerprint density at radius 3 is 2.20 bits per heavy atom. The fourth-order valence-corrected chi connectivity index (χ4v) is 3.34. The lowest BCUT2D eigenvalue weighted by atomic mass is 10.1. The van der Waals surface area contributed by atoms with Gasteiger partial charge in [-0.1, -0.05) is 0 Å². The summed E-state index contributed by atoms with van der Waals surface area (Å²) in [5, 5.41) is 4.16. The molecule has 1 heterocycles. The van der Waals surface area contributed by atoms with Crippen molar-refractivity contribution < 1.29 is 14.2 Å². The van der Waals surface area contributed by atoms with Crippen LogP contribution in [0.1, 0.15) is 4.88 Å². The van der Waals surface area contributed by atoms with Crippen molar-refractivity contribution in [2.75, 3.05) is 26.6 Å². The molecule has 0 aliphatic heterocycles. The molecule has 0 saturated heterocycles. The molecule has 2 aromatic carbocycles. The van der Waals surface area contributed by atoms with E-state index in [9.17, 15) is 0 Å². The Bertz CT molecular complexity index is 860. The number of hydrogen-bond acceptors (Lipinski definition) is 6. The third-order valence-electron chi connectivity index (χ3n) is 3.80. The minimum absolute atomic E-state index is 0.740. The van der Waals surface area contributed by atoms with E-state index in [1.54, 1.807) is 32.7 Å². The zero-order chi connectivity index (χ0) is 17.8. The van der Waals surface area contributed by atoms with Crippen LogP contribution in [-0.4, -0.2) is 26.3 Å². The summed E-state index contributed by atoms with van der Waals surface area (Å²) in [7, 11) is 4.94. The fourth-order valence-electron chi connectivity index (χ4n) is 2.49. The van der Waals surface area contributed by atoms with Crippen molar-refractivity contribution >= 4 is 22.2 Å². The van der Waals surface area contributed by atoms with E-state index in [-0.39, 0.29) is 0 Å². The summed E-state index contributed by atoms with van der Waals surface area (Å²) in [6.07, 6.45) is 0. The zero-order valence-electron chi connectivity index (χ0n) is 14.6. The Balaban J connectivity index is 1.89. The first-order valence-electron chi connectivity index (χ1n) is 7.75. The van der Waals surface area contributed by atoms with Gasteiger partial charge in [-0.25, -0.2) is 4.98 Å². The van der Waals surface area contributed by atoms with Gasteiger partial charge in [0.1, 0.15) is 17.2 Å². The number of aromatic nitrogens is 1. The molecule has 1 aromatic heterocycles. The molecule has 0 bridgehead atoms. The van der Waals surface area contributed by atoms with Crippen molar-refractivity contribution in [1.82, 2.24) is 4.98 Å². The van der Waals surface area contributed by atoms with Gasteiger partial charge in [0.15, 0.2) is 5.13 Å². The van der Waals surface area contributed by atoms with Crippen LogP contribution in [0, 0.1) is 6.92 Å². The highest BCUT2D eigenvalue weighted by molar-refractivity contribution is 7.16. The monoisotopic (exact) mass is 356 g/mol. The molecule has 5 nitrogen and oxygen atoms in total. The molecule has 0 fully saturated rings. The standard InChI is InChI=1S/C19H20N2O3S/c1-12-18(16-10-9-15(23-3)11-17(16)24-4)21-19(25-12)20-13-5-7-14(22-2)8-6-13/h5-11H,1-4H3,(H,20,21). The Kier molecular flexibility index (Phi) is 5.09. The van der Waals surface area contributed by atoms with E-state index in [1.165, 1.54) is 0 Å². The van der Waals surface area contributed by atoms with Gasteiger partial charge in [0.25, 0.3) is 0 Å². The Morgan fingerprint density at radius 2 is 1.56 bits per heavy atom. The fraction of sp³-hybridized carbons (Fsp3) is 0.211. The molecule has 0 amide bonds. The summed E-state index contributed by atoms with van der Waals surface area (Å²) in [4.78, 5) is 5.85. The van der Waals surface area contributed by atoms with Gasteiger partial charge in [-0.05, 0) is 43.3 Å². The molecule has 0 aliphatic rings. The average molecular weight is 356 g/mol. The van der Waals surface area contributed by atoms with Crippen molar-refractivity contribution in [3.8, 4) is 28.5 Å². The van der Waals surface area contributed by atoms with Gasteiger partial charge in [-0.15, -0.1) is 11.3 Å². The second-order valence-electron chi connectivity index (χ2n) is 5.34. The molecule has 0 saturated carbocycles. The highest BCUT2D eigenvalue weighted by Gasteiger charge is 2.15. The SMILES string of the molecule is COc1ccc(Nc2nc(-c3ccc(OC)cc3OC)c(C)s2)cc1. The molecule has 1 N–H and O–H groups in total. The summed E-state index contributed by atoms with van der Waals surface area (Å²) >= 11 is 1.60. The summed E-state index contributed by atoms with van der Waals surface area (Å²) in [6, 6.07) is 13.5. The summed E-state index contributed by atoms with van der Waals surface area (Å²) in [5.41, 5.74) is 2.81. The molecular formula is C19H20N2O3S. The number of hydrogen-bond donors (Lipinski definition) is 1. The quantitative estimate of drug-likeness (QED) is 0.682.